The summed E-state index contributed by atoms with van der Waals surface area (Å²) in [7, 11) is 0. The summed E-state index contributed by atoms with van der Waals surface area (Å²) in [5, 5.41) is 10.1. The van der Waals surface area contributed by atoms with Crippen molar-refractivity contribution in [1.82, 2.24) is 0 Å². The molecule has 2 nitrogen and oxygen atoms in total. The fourth-order valence-corrected chi connectivity index (χ4v) is 2.16. The van der Waals surface area contributed by atoms with Gasteiger partial charge in [0.25, 0.3) is 0 Å². The van der Waals surface area contributed by atoms with Crippen molar-refractivity contribution in [3.8, 4) is 5.75 Å². The van der Waals surface area contributed by atoms with Crippen LogP contribution >= 0.6 is 0 Å². The Bertz CT molecular complexity index is 367. The zero-order chi connectivity index (χ0) is 11.1. The lowest BCUT2D eigenvalue weighted by molar-refractivity contribution is 0.148. The minimum Gasteiger partial charge on any atom is -0.490 e. The molecule has 1 N–H and O–H groups in total. The van der Waals surface area contributed by atoms with Gasteiger partial charge >= 0.3 is 0 Å². The van der Waals surface area contributed by atoms with E-state index in [2.05, 4.69) is 6.92 Å². The first-order chi connectivity index (χ1) is 7.74. The van der Waals surface area contributed by atoms with Crippen molar-refractivity contribution in [1.29, 1.82) is 0 Å². The molecule has 0 spiro atoms. The normalized spacial score (nSPS) is 29.9. The van der Waals surface area contributed by atoms with Crippen LogP contribution in [-0.4, -0.2) is 11.2 Å². The van der Waals surface area contributed by atoms with Crippen LogP contribution in [0.2, 0.25) is 0 Å². The summed E-state index contributed by atoms with van der Waals surface area (Å²) >= 11 is 0. The molecule has 2 heteroatoms. The molecule has 2 fully saturated rings. The molecule has 1 aromatic carbocycles. The first-order valence-corrected chi connectivity index (χ1v) is 6.19. The second kappa shape index (κ2) is 3.77. The Morgan fingerprint density at radius 3 is 2.38 bits per heavy atom. The van der Waals surface area contributed by atoms with Gasteiger partial charge in [0.1, 0.15) is 5.75 Å². The van der Waals surface area contributed by atoms with Gasteiger partial charge in [0.05, 0.1) is 12.2 Å². The molecular formula is C14H18O2. The van der Waals surface area contributed by atoms with Crippen molar-refractivity contribution in [2.45, 2.75) is 38.4 Å². The second-order valence-corrected chi connectivity index (χ2v) is 5.21. The van der Waals surface area contributed by atoms with Crippen LogP contribution in [0.15, 0.2) is 24.3 Å². The van der Waals surface area contributed by atoms with Crippen LogP contribution in [0.5, 0.6) is 5.75 Å². The van der Waals surface area contributed by atoms with E-state index in [0.717, 1.165) is 17.7 Å². The summed E-state index contributed by atoms with van der Waals surface area (Å²) in [6.07, 6.45) is 3.68. The van der Waals surface area contributed by atoms with Crippen molar-refractivity contribution < 1.29 is 9.84 Å². The van der Waals surface area contributed by atoms with Crippen LogP contribution in [0.4, 0.5) is 0 Å². The van der Waals surface area contributed by atoms with Gasteiger partial charge in [0.15, 0.2) is 0 Å². The number of hydrogen-bond acceptors (Lipinski definition) is 2. The Labute approximate surface area is 96.2 Å². The third-order valence-corrected chi connectivity index (χ3v) is 3.63. The molecular weight excluding hydrogens is 200 g/mol. The lowest BCUT2D eigenvalue weighted by atomic mass is 10.0. The number of hydrogen-bond donors (Lipinski definition) is 1. The highest BCUT2D eigenvalue weighted by Crippen LogP contribution is 2.47. The third kappa shape index (κ3) is 2.07. The summed E-state index contributed by atoms with van der Waals surface area (Å²) in [5.41, 5.74) is 1.03. The molecule has 0 aliphatic heterocycles. The molecule has 3 rings (SSSR count). The van der Waals surface area contributed by atoms with E-state index in [4.69, 9.17) is 4.74 Å². The minimum atomic E-state index is -0.287. The highest BCUT2D eigenvalue weighted by Gasteiger charge is 2.39. The summed E-state index contributed by atoms with van der Waals surface area (Å²) in [6, 6.07) is 7.94. The van der Waals surface area contributed by atoms with Gasteiger partial charge in [-0.05, 0) is 48.8 Å². The number of aliphatic hydroxyl groups excluding tert-OH is 1. The molecule has 0 saturated heterocycles. The molecule has 2 saturated carbocycles. The zero-order valence-corrected chi connectivity index (χ0v) is 9.60. The summed E-state index contributed by atoms with van der Waals surface area (Å²) < 4.78 is 5.68. The summed E-state index contributed by atoms with van der Waals surface area (Å²) in [6.45, 7) is 2.19. The molecule has 0 bridgehead atoms. The Morgan fingerprint density at radius 1 is 1.25 bits per heavy atom. The van der Waals surface area contributed by atoms with Crippen molar-refractivity contribution in [3.05, 3.63) is 29.8 Å². The van der Waals surface area contributed by atoms with Crippen LogP contribution in [0.25, 0.3) is 0 Å². The van der Waals surface area contributed by atoms with Crippen LogP contribution in [0.3, 0.4) is 0 Å². The second-order valence-electron chi connectivity index (χ2n) is 5.21. The number of rotatable bonds is 4. The van der Waals surface area contributed by atoms with Gasteiger partial charge in [-0.25, -0.2) is 0 Å². The van der Waals surface area contributed by atoms with Crippen molar-refractivity contribution in [2.24, 2.45) is 11.8 Å². The first-order valence-electron chi connectivity index (χ1n) is 6.19. The van der Waals surface area contributed by atoms with Gasteiger partial charge in [-0.15, -0.1) is 0 Å². The number of benzene rings is 1. The number of ether oxygens (including phenoxy) is 1. The van der Waals surface area contributed by atoms with E-state index in [9.17, 15) is 5.11 Å². The molecule has 86 valence electrons. The molecule has 3 atom stereocenters. The monoisotopic (exact) mass is 218 g/mol. The smallest absolute Gasteiger partial charge is 0.119 e. The topological polar surface area (TPSA) is 29.5 Å². The maximum atomic E-state index is 10.1. The number of aliphatic hydroxyl groups is 1. The average molecular weight is 218 g/mol. The zero-order valence-electron chi connectivity index (χ0n) is 9.60. The van der Waals surface area contributed by atoms with E-state index in [0.29, 0.717) is 17.9 Å². The summed E-state index contributed by atoms with van der Waals surface area (Å²) in [5.74, 6) is 2.08. The largest absolute Gasteiger partial charge is 0.490 e. The van der Waals surface area contributed by atoms with Gasteiger partial charge in [0.2, 0.25) is 0 Å². The fraction of sp³-hybridized carbons (Fsp3) is 0.571. The average Bonchev–Trinajstić information content (AvgIpc) is 3.17. The molecule has 0 amide bonds. The van der Waals surface area contributed by atoms with Gasteiger partial charge in [-0.3, -0.25) is 0 Å². The van der Waals surface area contributed by atoms with Crippen molar-refractivity contribution >= 4 is 0 Å². The molecule has 2 aliphatic carbocycles. The predicted octanol–water partition coefficient (Wildman–Crippen LogP) is 2.92. The van der Waals surface area contributed by atoms with E-state index in [1.54, 1.807) is 0 Å². The summed E-state index contributed by atoms with van der Waals surface area (Å²) in [4.78, 5) is 0. The SMILES string of the molecule is CC1CC1C(O)c1ccc(OC2CC2)cc1. The van der Waals surface area contributed by atoms with Crippen LogP contribution in [0.1, 0.15) is 37.9 Å². The van der Waals surface area contributed by atoms with Gasteiger partial charge in [-0.2, -0.15) is 0 Å². The van der Waals surface area contributed by atoms with Crippen molar-refractivity contribution in [3.63, 3.8) is 0 Å². The van der Waals surface area contributed by atoms with Gasteiger partial charge < -0.3 is 9.84 Å². The molecule has 0 heterocycles. The van der Waals surface area contributed by atoms with E-state index in [1.165, 1.54) is 12.8 Å². The van der Waals surface area contributed by atoms with Gasteiger partial charge in [-0.1, -0.05) is 19.1 Å². The van der Waals surface area contributed by atoms with Crippen molar-refractivity contribution in [2.75, 3.05) is 0 Å². The molecule has 0 radical (unpaired) electrons. The standard InChI is InChI=1S/C14H18O2/c1-9-8-13(9)14(15)10-2-4-11(5-3-10)16-12-6-7-12/h2-5,9,12-15H,6-8H2,1H3. The van der Waals surface area contributed by atoms with E-state index in [-0.39, 0.29) is 6.10 Å². The Hall–Kier alpha value is -1.02. The fourth-order valence-electron chi connectivity index (χ4n) is 2.16. The third-order valence-electron chi connectivity index (χ3n) is 3.63. The molecule has 16 heavy (non-hydrogen) atoms. The van der Waals surface area contributed by atoms with Gasteiger partial charge in [0, 0.05) is 0 Å². The quantitative estimate of drug-likeness (QED) is 0.842. The molecule has 1 aromatic rings. The van der Waals surface area contributed by atoms with E-state index < -0.39 is 0 Å². The Kier molecular flexibility index (Phi) is 2.40. The lowest BCUT2D eigenvalue weighted by Gasteiger charge is -2.11. The maximum absolute atomic E-state index is 10.1. The van der Waals surface area contributed by atoms with Crippen LogP contribution in [-0.2, 0) is 0 Å². The van der Waals surface area contributed by atoms with E-state index in [1.807, 2.05) is 24.3 Å². The maximum Gasteiger partial charge on any atom is 0.119 e. The highest BCUT2D eigenvalue weighted by molar-refractivity contribution is 5.30. The minimum absolute atomic E-state index is 0.287. The lowest BCUT2D eigenvalue weighted by Crippen LogP contribution is -2.01. The Morgan fingerprint density at radius 2 is 1.88 bits per heavy atom. The molecule has 3 unspecified atom stereocenters. The van der Waals surface area contributed by atoms with Crippen LogP contribution < -0.4 is 4.74 Å². The molecule has 0 aromatic heterocycles. The Balaban J connectivity index is 1.66. The van der Waals surface area contributed by atoms with Crippen LogP contribution in [0, 0.1) is 11.8 Å². The van der Waals surface area contributed by atoms with E-state index >= 15 is 0 Å². The highest BCUT2D eigenvalue weighted by atomic mass is 16.5. The predicted molar refractivity (Wildman–Crippen MR) is 62.3 cm³/mol. The first kappa shape index (κ1) is 10.2. The molecule has 2 aliphatic rings.